The van der Waals surface area contributed by atoms with Crippen LogP contribution in [0.3, 0.4) is 0 Å². The van der Waals surface area contributed by atoms with Gasteiger partial charge in [-0.25, -0.2) is 13.1 Å². The first kappa shape index (κ1) is 16.0. The van der Waals surface area contributed by atoms with E-state index in [1.165, 1.54) is 12.1 Å². The number of hydrogen-bond donors (Lipinski definition) is 2. The van der Waals surface area contributed by atoms with Crippen molar-refractivity contribution in [3.63, 3.8) is 0 Å². The highest BCUT2D eigenvalue weighted by atomic mass is 35.5. The topological polar surface area (TPSA) is 66.4 Å². The lowest BCUT2D eigenvalue weighted by Crippen LogP contribution is -2.39. The molecule has 2 rings (SSSR count). The summed E-state index contributed by atoms with van der Waals surface area (Å²) in [7, 11) is -3.71. The van der Waals surface area contributed by atoms with Gasteiger partial charge >= 0.3 is 0 Å². The van der Waals surface area contributed by atoms with Gasteiger partial charge in [0.25, 0.3) is 0 Å². The van der Waals surface area contributed by atoms with E-state index in [0.29, 0.717) is 11.4 Å². The van der Waals surface area contributed by atoms with E-state index in [9.17, 15) is 13.5 Å². The zero-order valence-corrected chi connectivity index (χ0v) is 12.8. The molecule has 0 aliphatic heterocycles. The molecule has 0 aromatic heterocycles. The molecule has 2 aromatic carbocycles. The number of rotatable bonds is 6. The minimum atomic E-state index is -3.71. The van der Waals surface area contributed by atoms with E-state index in [4.69, 9.17) is 11.6 Å². The van der Waals surface area contributed by atoms with Gasteiger partial charge in [0, 0.05) is 11.1 Å². The second-order valence-electron chi connectivity index (χ2n) is 4.65. The Balaban J connectivity index is 2.14. The van der Waals surface area contributed by atoms with Gasteiger partial charge in [0.15, 0.2) is 0 Å². The summed E-state index contributed by atoms with van der Waals surface area (Å²) < 4.78 is 27.0. The van der Waals surface area contributed by atoms with E-state index in [2.05, 4.69) is 4.72 Å². The molecule has 0 saturated heterocycles. The van der Waals surface area contributed by atoms with Gasteiger partial charge in [0.1, 0.15) is 0 Å². The van der Waals surface area contributed by atoms with Crippen LogP contribution >= 0.6 is 11.6 Å². The summed E-state index contributed by atoms with van der Waals surface area (Å²) in [6.07, 6.45) is 0.414. The van der Waals surface area contributed by atoms with Crippen molar-refractivity contribution in [2.24, 2.45) is 0 Å². The highest BCUT2D eigenvalue weighted by Crippen LogP contribution is 2.16. The SMILES string of the molecule is O=S(=O)(N[C@@H](CO)Cc1ccccc1)c1cccc(Cl)c1. The Morgan fingerprint density at radius 3 is 2.43 bits per heavy atom. The summed E-state index contributed by atoms with van der Waals surface area (Å²) in [5, 5.41) is 9.75. The fourth-order valence-electron chi connectivity index (χ4n) is 1.96. The summed E-state index contributed by atoms with van der Waals surface area (Å²) in [4.78, 5) is 0.0847. The number of hydrogen-bond acceptors (Lipinski definition) is 3. The quantitative estimate of drug-likeness (QED) is 0.856. The van der Waals surface area contributed by atoms with Crippen LogP contribution in [-0.2, 0) is 16.4 Å². The molecule has 0 spiro atoms. The van der Waals surface area contributed by atoms with Crippen LogP contribution in [0.2, 0.25) is 5.02 Å². The molecule has 0 unspecified atom stereocenters. The van der Waals surface area contributed by atoms with Gasteiger partial charge in [-0.05, 0) is 30.2 Å². The number of aliphatic hydroxyl groups is 1. The molecule has 0 amide bonds. The van der Waals surface area contributed by atoms with Crippen molar-refractivity contribution < 1.29 is 13.5 Å². The monoisotopic (exact) mass is 325 g/mol. The van der Waals surface area contributed by atoms with Crippen LogP contribution in [0.1, 0.15) is 5.56 Å². The second kappa shape index (κ2) is 7.04. The molecule has 0 aliphatic rings. The average molecular weight is 326 g/mol. The van der Waals surface area contributed by atoms with Crippen LogP contribution in [0.25, 0.3) is 0 Å². The molecular formula is C15H16ClNO3S. The number of halogens is 1. The van der Waals surface area contributed by atoms with Crippen molar-refractivity contribution in [1.29, 1.82) is 0 Å². The Morgan fingerprint density at radius 2 is 1.81 bits per heavy atom. The second-order valence-corrected chi connectivity index (χ2v) is 6.80. The third-order valence-corrected chi connectivity index (χ3v) is 4.73. The molecule has 0 fully saturated rings. The molecule has 21 heavy (non-hydrogen) atoms. The normalized spacial score (nSPS) is 13.0. The molecule has 0 saturated carbocycles. The largest absolute Gasteiger partial charge is 0.395 e. The van der Waals surface area contributed by atoms with Crippen LogP contribution in [-0.4, -0.2) is 26.2 Å². The summed E-state index contributed by atoms with van der Waals surface area (Å²) in [6.45, 7) is -0.283. The summed E-state index contributed by atoms with van der Waals surface area (Å²) in [5.41, 5.74) is 0.949. The Kier molecular flexibility index (Phi) is 5.36. The Morgan fingerprint density at radius 1 is 1.10 bits per heavy atom. The van der Waals surface area contributed by atoms with Crippen molar-refractivity contribution in [2.75, 3.05) is 6.61 Å². The smallest absolute Gasteiger partial charge is 0.240 e. The van der Waals surface area contributed by atoms with E-state index >= 15 is 0 Å². The molecule has 2 N–H and O–H groups in total. The number of benzene rings is 2. The van der Waals surface area contributed by atoms with Gasteiger partial charge in [-0.2, -0.15) is 0 Å². The zero-order chi connectivity index (χ0) is 15.3. The molecule has 0 radical (unpaired) electrons. The van der Waals surface area contributed by atoms with Gasteiger partial charge in [0.05, 0.1) is 11.5 Å². The maximum atomic E-state index is 12.3. The molecule has 6 heteroatoms. The van der Waals surface area contributed by atoms with Crippen molar-refractivity contribution >= 4 is 21.6 Å². The fraction of sp³-hybridized carbons (Fsp3) is 0.200. The van der Waals surface area contributed by atoms with Crippen molar-refractivity contribution in [3.8, 4) is 0 Å². The highest BCUT2D eigenvalue weighted by Gasteiger charge is 2.20. The lowest BCUT2D eigenvalue weighted by molar-refractivity contribution is 0.256. The Bertz CT molecular complexity index is 689. The van der Waals surface area contributed by atoms with Crippen LogP contribution in [0.5, 0.6) is 0 Å². The Labute approximate surface area is 129 Å². The predicted molar refractivity (Wildman–Crippen MR) is 82.8 cm³/mol. The van der Waals surface area contributed by atoms with E-state index in [1.807, 2.05) is 30.3 Å². The molecule has 1 atom stereocenters. The summed E-state index contributed by atoms with van der Waals surface area (Å²) in [6, 6.07) is 14.8. The van der Waals surface area contributed by atoms with Crippen LogP contribution in [0.4, 0.5) is 0 Å². The molecule has 2 aromatic rings. The minimum Gasteiger partial charge on any atom is -0.395 e. The van der Waals surface area contributed by atoms with E-state index in [1.54, 1.807) is 12.1 Å². The van der Waals surface area contributed by atoms with Gasteiger partial charge < -0.3 is 5.11 Å². The third kappa shape index (κ3) is 4.54. The zero-order valence-electron chi connectivity index (χ0n) is 11.2. The maximum absolute atomic E-state index is 12.3. The molecule has 0 aliphatic carbocycles. The van der Waals surface area contributed by atoms with Gasteiger partial charge in [-0.1, -0.05) is 48.0 Å². The highest BCUT2D eigenvalue weighted by molar-refractivity contribution is 7.89. The first-order valence-corrected chi connectivity index (χ1v) is 8.30. The van der Waals surface area contributed by atoms with Crippen molar-refractivity contribution in [3.05, 3.63) is 65.2 Å². The molecule has 0 bridgehead atoms. The summed E-state index contributed by atoms with van der Waals surface area (Å²) >= 11 is 5.81. The molecule has 4 nitrogen and oxygen atoms in total. The maximum Gasteiger partial charge on any atom is 0.240 e. The van der Waals surface area contributed by atoms with Crippen molar-refractivity contribution in [1.82, 2.24) is 4.72 Å². The standard InChI is InChI=1S/C15H16ClNO3S/c16-13-7-4-8-15(10-13)21(19,20)17-14(11-18)9-12-5-2-1-3-6-12/h1-8,10,14,17-18H,9,11H2/t14-/m1/s1. The van der Waals surface area contributed by atoms with Gasteiger partial charge in [-0.3, -0.25) is 0 Å². The lowest BCUT2D eigenvalue weighted by Gasteiger charge is -2.16. The van der Waals surface area contributed by atoms with E-state index in [-0.39, 0.29) is 11.5 Å². The van der Waals surface area contributed by atoms with Crippen LogP contribution in [0, 0.1) is 0 Å². The predicted octanol–water partition coefficient (Wildman–Crippen LogP) is 2.22. The first-order chi connectivity index (χ1) is 10.0. The molecule has 112 valence electrons. The Hall–Kier alpha value is -1.40. The number of sulfonamides is 1. The van der Waals surface area contributed by atoms with Gasteiger partial charge in [0.2, 0.25) is 10.0 Å². The van der Waals surface area contributed by atoms with Crippen LogP contribution in [0.15, 0.2) is 59.5 Å². The molecular weight excluding hydrogens is 310 g/mol. The lowest BCUT2D eigenvalue weighted by atomic mass is 10.1. The fourth-order valence-corrected chi connectivity index (χ4v) is 3.49. The average Bonchev–Trinajstić information content (AvgIpc) is 2.47. The van der Waals surface area contributed by atoms with Gasteiger partial charge in [-0.15, -0.1) is 0 Å². The van der Waals surface area contributed by atoms with E-state index < -0.39 is 16.1 Å². The number of nitrogens with one attached hydrogen (secondary N) is 1. The minimum absolute atomic E-state index is 0.0847. The third-order valence-electron chi connectivity index (χ3n) is 2.97. The molecule has 0 heterocycles. The summed E-state index contributed by atoms with van der Waals surface area (Å²) in [5.74, 6) is 0. The first-order valence-electron chi connectivity index (χ1n) is 6.44. The number of aliphatic hydroxyl groups excluding tert-OH is 1. The van der Waals surface area contributed by atoms with E-state index in [0.717, 1.165) is 5.56 Å². The van der Waals surface area contributed by atoms with Crippen molar-refractivity contribution in [2.45, 2.75) is 17.4 Å². The van der Waals surface area contributed by atoms with Crippen LogP contribution < -0.4 is 4.72 Å².